The van der Waals surface area contributed by atoms with Gasteiger partial charge < -0.3 is 9.64 Å². The van der Waals surface area contributed by atoms with Crippen LogP contribution in [0.25, 0.3) is 10.2 Å². The zero-order valence-electron chi connectivity index (χ0n) is 14.8. The maximum atomic E-state index is 12.5. The van der Waals surface area contributed by atoms with E-state index in [1.54, 1.807) is 23.3 Å². The number of likely N-dealkylation sites (N-methyl/N-ethyl adjacent to an activating group) is 1. The van der Waals surface area contributed by atoms with E-state index >= 15 is 0 Å². The summed E-state index contributed by atoms with van der Waals surface area (Å²) < 4.78 is 5.85. The predicted molar refractivity (Wildman–Crippen MR) is 104 cm³/mol. The molecule has 0 spiro atoms. The minimum Gasteiger partial charge on any atom is -0.467 e. The first-order valence-corrected chi connectivity index (χ1v) is 9.75. The zero-order chi connectivity index (χ0) is 17.9. The van der Waals surface area contributed by atoms with Crippen molar-refractivity contribution in [2.75, 3.05) is 18.6 Å². The normalized spacial score (nSPS) is 13.9. The van der Waals surface area contributed by atoms with Crippen molar-refractivity contribution in [1.82, 2.24) is 9.97 Å². The van der Waals surface area contributed by atoms with E-state index in [2.05, 4.69) is 9.97 Å². The van der Waals surface area contributed by atoms with Gasteiger partial charge in [-0.15, -0.1) is 11.3 Å². The van der Waals surface area contributed by atoms with E-state index in [1.807, 2.05) is 30.3 Å². The van der Waals surface area contributed by atoms with Gasteiger partial charge in [-0.1, -0.05) is 24.6 Å². The van der Waals surface area contributed by atoms with Crippen LogP contribution < -0.4 is 9.64 Å². The molecular weight excluding hydrogens is 346 g/mol. The largest absolute Gasteiger partial charge is 0.467 e. The Morgan fingerprint density at radius 2 is 1.96 bits per heavy atom. The van der Waals surface area contributed by atoms with Crippen molar-refractivity contribution in [2.24, 2.45) is 0 Å². The Morgan fingerprint density at radius 1 is 1.15 bits per heavy atom. The Morgan fingerprint density at radius 3 is 2.81 bits per heavy atom. The van der Waals surface area contributed by atoms with Crippen LogP contribution in [-0.2, 0) is 17.6 Å². The second-order valence-corrected chi connectivity index (χ2v) is 7.58. The van der Waals surface area contributed by atoms with Crippen LogP contribution in [0, 0.1) is 0 Å². The lowest BCUT2D eigenvalue weighted by Gasteiger charge is -2.17. The summed E-state index contributed by atoms with van der Waals surface area (Å²) in [5.41, 5.74) is 2.17. The molecule has 0 N–H and O–H groups in total. The molecule has 134 valence electrons. The van der Waals surface area contributed by atoms with Crippen molar-refractivity contribution in [2.45, 2.75) is 32.1 Å². The number of para-hydroxylation sites is 1. The van der Waals surface area contributed by atoms with Gasteiger partial charge >= 0.3 is 0 Å². The number of nitrogens with zero attached hydrogens (tertiary/aromatic N) is 3. The Bertz CT molecular complexity index is 923. The molecule has 0 fully saturated rings. The van der Waals surface area contributed by atoms with Crippen molar-refractivity contribution in [3.8, 4) is 5.88 Å². The first-order chi connectivity index (χ1) is 12.7. The lowest BCUT2D eigenvalue weighted by atomic mass is 10.1. The molecule has 0 aliphatic heterocycles. The number of aromatic nitrogens is 2. The summed E-state index contributed by atoms with van der Waals surface area (Å²) >= 11 is 1.74. The van der Waals surface area contributed by atoms with Crippen LogP contribution in [0.3, 0.4) is 0 Å². The van der Waals surface area contributed by atoms with Gasteiger partial charge in [0.05, 0.1) is 5.39 Å². The Kier molecular flexibility index (Phi) is 4.84. The molecule has 4 rings (SSSR count). The molecule has 26 heavy (non-hydrogen) atoms. The molecular formula is C20H21N3O2S. The van der Waals surface area contributed by atoms with Crippen LogP contribution in [0.15, 0.2) is 36.7 Å². The molecule has 6 heteroatoms. The molecule has 1 aliphatic carbocycles. The Hall–Kier alpha value is -2.47. The number of fused-ring (bicyclic) bond motifs is 3. The van der Waals surface area contributed by atoms with Gasteiger partial charge in [0.25, 0.3) is 5.91 Å². The molecule has 2 aromatic heterocycles. The molecule has 0 atom stereocenters. The molecule has 1 aromatic carbocycles. The van der Waals surface area contributed by atoms with Gasteiger partial charge in [0.15, 0.2) is 6.61 Å². The fourth-order valence-electron chi connectivity index (χ4n) is 3.37. The van der Waals surface area contributed by atoms with Gasteiger partial charge in [-0.2, -0.15) is 0 Å². The molecule has 2 heterocycles. The molecule has 5 nitrogen and oxygen atoms in total. The fraction of sp³-hybridized carbons (Fsp3) is 0.350. The standard InChI is InChI=1S/C20H21N3O2S/c1-23(14-8-4-2-5-9-14)17(24)12-25-19-18-15-10-6-3-7-11-16(15)26-20(18)22-13-21-19/h2,4-5,8-9,13H,3,6-7,10-12H2,1H3. The van der Waals surface area contributed by atoms with E-state index < -0.39 is 0 Å². The highest BCUT2D eigenvalue weighted by atomic mass is 32.1. The maximum Gasteiger partial charge on any atom is 0.264 e. The molecule has 0 radical (unpaired) electrons. The minimum absolute atomic E-state index is 0.0396. The van der Waals surface area contributed by atoms with E-state index in [0.717, 1.165) is 28.7 Å². The summed E-state index contributed by atoms with van der Waals surface area (Å²) in [7, 11) is 1.76. The summed E-state index contributed by atoms with van der Waals surface area (Å²) in [6, 6.07) is 9.56. The summed E-state index contributed by atoms with van der Waals surface area (Å²) in [6.07, 6.45) is 7.33. The highest BCUT2D eigenvalue weighted by Gasteiger charge is 2.20. The molecule has 3 aromatic rings. The van der Waals surface area contributed by atoms with Crippen LogP contribution in [0.1, 0.15) is 29.7 Å². The zero-order valence-corrected chi connectivity index (χ0v) is 15.6. The third kappa shape index (κ3) is 3.29. The summed E-state index contributed by atoms with van der Waals surface area (Å²) in [5, 5.41) is 1.00. The van der Waals surface area contributed by atoms with Crippen molar-refractivity contribution < 1.29 is 9.53 Å². The fourth-order valence-corrected chi connectivity index (χ4v) is 4.59. The Labute approximate surface area is 156 Å². The predicted octanol–water partition coefficient (Wildman–Crippen LogP) is 4.00. The maximum absolute atomic E-state index is 12.5. The number of rotatable bonds is 4. The number of carbonyl (C=O) groups is 1. The minimum atomic E-state index is -0.107. The molecule has 0 bridgehead atoms. The highest BCUT2D eigenvalue weighted by molar-refractivity contribution is 7.18. The van der Waals surface area contributed by atoms with E-state index in [4.69, 9.17) is 4.74 Å². The molecule has 0 unspecified atom stereocenters. The third-order valence-corrected chi connectivity index (χ3v) is 6.02. The van der Waals surface area contributed by atoms with Crippen LogP contribution >= 0.6 is 11.3 Å². The SMILES string of the molecule is CN(C(=O)COc1ncnc2sc3c(c12)CCCCC3)c1ccccc1. The van der Waals surface area contributed by atoms with E-state index in [0.29, 0.717) is 5.88 Å². The van der Waals surface area contributed by atoms with Crippen molar-refractivity contribution in [1.29, 1.82) is 0 Å². The average Bonchev–Trinajstić information content (AvgIpc) is 2.88. The molecule has 1 aliphatic rings. The first-order valence-electron chi connectivity index (χ1n) is 8.93. The first kappa shape index (κ1) is 17.0. The van der Waals surface area contributed by atoms with Crippen molar-refractivity contribution >= 4 is 33.1 Å². The topological polar surface area (TPSA) is 55.3 Å². The molecule has 0 saturated heterocycles. The van der Waals surface area contributed by atoms with Gasteiger partial charge in [0, 0.05) is 17.6 Å². The van der Waals surface area contributed by atoms with Crippen LogP contribution in [0.2, 0.25) is 0 Å². The summed E-state index contributed by atoms with van der Waals surface area (Å²) in [4.78, 5) is 25.2. The van der Waals surface area contributed by atoms with Gasteiger partial charge in [-0.25, -0.2) is 9.97 Å². The summed E-state index contributed by atoms with van der Waals surface area (Å²) in [5.74, 6) is 0.425. The third-order valence-electron chi connectivity index (χ3n) is 4.82. The number of hydrogen-bond donors (Lipinski definition) is 0. The van der Waals surface area contributed by atoms with Gasteiger partial charge in [-0.05, 0) is 43.4 Å². The smallest absolute Gasteiger partial charge is 0.264 e. The second kappa shape index (κ2) is 7.41. The van der Waals surface area contributed by atoms with Crippen LogP contribution in [0.4, 0.5) is 5.69 Å². The van der Waals surface area contributed by atoms with E-state index in [9.17, 15) is 4.79 Å². The lowest BCUT2D eigenvalue weighted by molar-refractivity contribution is -0.120. The van der Waals surface area contributed by atoms with E-state index in [-0.39, 0.29) is 12.5 Å². The number of hydrogen-bond acceptors (Lipinski definition) is 5. The van der Waals surface area contributed by atoms with Crippen LogP contribution in [0.5, 0.6) is 5.88 Å². The number of anilines is 1. The number of benzene rings is 1. The monoisotopic (exact) mass is 367 g/mol. The van der Waals surface area contributed by atoms with Gasteiger partial charge in [0.1, 0.15) is 11.2 Å². The lowest BCUT2D eigenvalue weighted by Crippen LogP contribution is -2.31. The number of amides is 1. The van der Waals surface area contributed by atoms with Crippen LogP contribution in [-0.4, -0.2) is 29.5 Å². The summed E-state index contributed by atoms with van der Waals surface area (Å²) in [6.45, 7) is -0.0396. The van der Waals surface area contributed by atoms with Gasteiger partial charge in [0.2, 0.25) is 5.88 Å². The molecule has 0 saturated carbocycles. The quantitative estimate of drug-likeness (QED) is 0.654. The number of carbonyl (C=O) groups excluding carboxylic acids is 1. The van der Waals surface area contributed by atoms with Crippen molar-refractivity contribution in [3.63, 3.8) is 0 Å². The van der Waals surface area contributed by atoms with Gasteiger partial charge in [-0.3, -0.25) is 4.79 Å². The second-order valence-electron chi connectivity index (χ2n) is 6.50. The number of ether oxygens (including phenoxy) is 1. The Balaban J connectivity index is 1.56. The van der Waals surface area contributed by atoms with E-state index in [1.165, 1.54) is 36.0 Å². The highest BCUT2D eigenvalue weighted by Crippen LogP contribution is 2.38. The number of thiophene rings is 1. The number of aryl methyl sites for hydroxylation is 2. The van der Waals surface area contributed by atoms with Crippen molar-refractivity contribution in [3.05, 3.63) is 47.1 Å². The average molecular weight is 367 g/mol. The molecule has 1 amide bonds.